The molecule has 0 atom stereocenters. The van der Waals surface area contributed by atoms with E-state index in [0.29, 0.717) is 0 Å². The van der Waals surface area contributed by atoms with Crippen LogP contribution in [0, 0.1) is 0 Å². The molecule has 27 heavy (non-hydrogen) atoms. The molecule has 4 rings (SSSR count). The second kappa shape index (κ2) is 8.08. The molecule has 0 amide bonds. The number of fused-ring (bicyclic) bond motifs is 1. The number of hydrogen-bond acceptors (Lipinski definition) is 4. The Kier molecular flexibility index (Phi) is 5.19. The van der Waals surface area contributed by atoms with Gasteiger partial charge in [0.1, 0.15) is 5.52 Å². The Morgan fingerprint density at radius 3 is 2.70 bits per heavy atom. The van der Waals surface area contributed by atoms with Crippen LogP contribution in [-0.4, -0.2) is 14.5 Å². The maximum absolute atomic E-state index is 5.63. The summed E-state index contributed by atoms with van der Waals surface area (Å²) in [6.45, 7) is 3.84. The summed E-state index contributed by atoms with van der Waals surface area (Å²) in [4.78, 5) is 9.52. The van der Waals surface area contributed by atoms with E-state index in [2.05, 4.69) is 46.1 Å². The molecule has 1 aromatic carbocycles. The monoisotopic (exact) mass is 360 g/mol. The average Bonchev–Trinajstić information content (AvgIpc) is 3.36. The first-order chi connectivity index (χ1) is 13.4. The lowest BCUT2D eigenvalue weighted by Crippen LogP contribution is -2.02. The van der Waals surface area contributed by atoms with Gasteiger partial charge in [-0.25, -0.2) is 9.97 Å². The van der Waals surface area contributed by atoms with Gasteiger partial charge in [-0.05, 0) is 30.2 Å². The van der Waals surface area contributed by atoms with Gasteiger partial charge in [0.05, 0.1) is 12.0 Å². The first-order valence-corrected chi connectivity index (χ1v) is 9.53. The molecule has 0 radical (unpaired) electrons. The molecule has 0 spiro atoms. The zero-order valence-corrected chi connectivity index (χ0v) is 15.6. The molecule has 3 aromatic heterocycles. The highest BCUT2D eigenvalue weighted by Crippen LogP contribution is 2.29. The van der Waals surface area contributed by atoms with Crippen LogP contribution in [0.15, 0.2) is 65.4 Å². The van der Waals surface area contributed by atoms with E-state index in [0.717, 1.165) is 47.9 Å². The lowest BCUT2D eigenvalue weighted by atomic mass is 10.2. The fourth-order valence-corrected chi connectivity index (χ4v) is 3.28. The Balaban J connectivity index is 1.70. The molecular weight excluding hydrogens is 336 g/mol. The molecule has 0 saturated heterocycles. The SMILES string of the molecule is CCCCCn1c(-c2ccco2)nc2c(NCc3ccccc3)ccnc21. The molecule has 5 nitrogen and oxygen atoms in total. The second-order valence-corrected chi connectivity index (χ2v) is 6.64. The third-order valence-corrected chi connectivity index (χ3v) is 4.69. The average molecular weight is 360 g/mol. The molecule has 1 N–H and O–H groups in total. The lowest BCUT2D eigenvalue weighted by Gasteiger charge is -2.08. The van der Waals surface area contributed by atoms with E-state index in [9.17, 15) is 0 Å². The summed E-state index contributed by atoms with van der Waals surface area (Å²) in [6.07, 6.45) is 6.99. The highest BCUT2D eigenvalue weighted by Gasteiger charge is 2.17. The van der Waals surface area contributed by atoms with E-state index < -0.39 is 0 Å². The summed E-state index contributed by atoms with van der Waals surface area (Å²) < 4.78 is 7.81. The van der Waals surface area contributed by atoms with E-state index >= 15 is 0 Å². The Morgan fingerprint density at radius 1 is 1.04 bits per heavy atom. The highest BCUT2D eigenvalue weighted by molar-refractivity contribution is 5.88. The van der Waals surface area contributed by atoms with E-state index in [-0.39, 0.29) is 0 Å². The van der Waals surface area contributed by atoms with Gasteiger partial charge in [-0.1, -0.05) is 50.1 Å². The quantitative estimate of drug-likeness (QED) is 0.422. The number of nitrogens with one attached hydrogen (secondary N) is 1. The Bertz CT molecular complexity index is 990. The molecule has 0 aliphatic rings. The molecule has 0 saturated carbocycles. The van der Waals surface area contributed by atoms with Gasteiger partial charge >= 0.3 is 0 Å². The lowest BCUT2D eigenvalue weighted by molar-refractivity contribution is 0.560. The Hall–Kier alpha value is -3.08. The zero-order chi connectivity index (χ0) is 18.5. The number of rotatable bonds is 8. The van der Waals surface area contributed by atoms with E-state index in [4.69, 9.17) is 9.40 Å². The third kappa shape index (κ3) is 3.72. The molecule has 0 aliphatic carbocycles. The van der Waals surface area contributed by atoms with Crippen molar-refractivity contribution in [3.05, 3.63) is 66.6 Å². The summed E-state index contributed by atoms with van der Waals surface area (Å²) in [6, 6.07) is 16.2. The molecule has 3 heterocycles. The van der Waals surface area contributed by atoms with Crippen LogP contribution in [0.3, 0.4) is 0 Å². The minimum absolute atomic E-state index is 0.749. The van der Waals surface area contributed by atoms with Crippen molar-refractivity contribution in [1.82, 2.24) is 14.5 Å². The van der Waals surface area contributed by atoms with Crippen molar-refractivity contribution in [2.45, 2.75) is 39.3 Å². The zero-order valence-electron chi connectivity index (χ0n) is 15.6. The number of benzene rings is 1. The smallest absolute Gasteiger partial charge is 0.178 e. The first-order valence-electron chi connectivity index (χ1n) is 9.53. The van der Waals surface area contributed by atoms with Crippen LogP contribution >= 0.6 is 0 Å². The largest absolute Gasteiger partial charge is 0.461 e. The fourth-order valence-electron chi connectivity index (χ4n) is 3.28. The maximum atomic E-state index is 5.63. The molecule has 0 bridgehead atoms. The number of furan rings is 1. The van der Waals surface area contributed by atoms with Crippen LogP contribution in [0.5, 0.6) is 0 Å². The van der Waals surface area contributed by atoms with Gasteiger partial charge in [-0.3, -0.25) is 0 Å². The van der Waals surface area contributed by atoms with Crippen LogP contribution in [0.1, 0.15) is 31.7 Å². The van der Waals surface area contributed by atoms with Crippen LogP contribution in [0.25, 0.3) is 22.7 Å². The van der Waals surface area contributed by atoms with Gasteiger partial charge in [-0.2, -0.15) is 0 Å². The van der Waals surface area contributed by atoms with Crippen LogP contribution in [-0.2, 0) is 13.1 Å². The standard InChI is InChI=1S/C22H24N4O/c1-2-3-7-14-26-21(19-11-8-15-27-19)25-20-18(12-13-23-22(20)26)24-16-17-9-5-4-6-10-17/h4-6,8-13,15H,2-3,7,14,16H2,1H3,(H,23,24). The molecule has 138 valence electrons. The van der Waals surface area contributed by atoms with Crippen molar-refractivity contribution in [3.63, 3.8) is 0 Å². The van der Waals surface area contributed by atoms with Gasteiger partial charge in [0, 0.05) is 19.3 Å². The van der Waals surface area contributed by atoms with Gasteiger partial charge in [0.15, 0.2) is 17.2 Å². The van der Waals surface area contributed by atoms with Gasteiger partial charge in [0.25, 0.3) is 0 Å². The molecule has 4 aromatic rings. The summed E-state index contributed by atoms with van der Waals surface area (Å²) in [7, 11) is 0. The summed E-state index contributed by atoms with van der Waals surface area (Å²) in [5.41, 5.74) is 4.01. The van der Waals surface area contributed by atoms with Crippen molar-refractivity contribution in [3.8, 4) is 11.6 Å². The number of nitrogens with zero attached hydrogens (tertiary/aromatic N) is 3. The molecule has 0 unspecified atom stereocenters. The minimum atomic E-state index is 0.749. The van der Waals surface area contributed by atoms with Crippen LogP contribution in [0.2, 0.25) is 0 Å². The normalized spacial score (nSPS) is 11.1. The number of pyridine rings is 1. The number of hydrogen-bond donors (Lipinski definition) is 1. The van der Waals surface area contributed by atoms with Crippen molar-refractivity contribution >= 4 is 16.9 Å². The number of aromatic nitrogens is 3. The molecule has 0 aliphatic heterocycles. The van der Waals surface area contributed by atoms with Crippen molar-refractivity contribution in [1.29, 1.82) is 0 Å². The number of aryl methyl sites for hydroxylation is 1. The summed E-state index contributed by atoms with van der Waals surface area (Å²) >= 11 is 0. The highest BCUT2D eigenvalue weighted by atomic mass is 16.3. The molecule has 5 heteroatoms. The van der Waals surface area contributed by atoms with Crippen LogP contribution in [0.4, 0.5) is 5.69 Å². The third-order valence-electron chi connectivity index (χ3n) is 4.69. The number of anilines is 1. The van der Waals surface area contributed by atoms with Crippen molar-refractivity contribution in [2.24, 2.45) is 0 Å². The Morgan fingerprint density at radius 2 is 1.93 bits per heavy atom. The number of unbranched alkanes of at least 4 members (excludes halogenated alkanes) is 2. The van der Waals surface area contributed by atoms with Crippen LogP contribution < -0.4 is 5.32 Å². The van der Waals surface area contributed by atoms with Crippen molar-refractivity contribution in [2.75, 3.05) is 5.32 Å². The van der Waals surface area contributed by atoms with Gasteiger partial charge < -0.3 is 14.3 Å². The summed E-state index contributed by atoms with van der Waals surface area (Å²) in [5.74, 6) is 1.62. The maximum Gasteiger partial charge on any atom is 0.178 e. The van der Waals surface area contributed by atoms with Crippen molar-refractivity contribution < 1.29 is 4.42 Å². The second-order valence-electron chi connectivity index (χ2n) is 6.64. The molecule has 0 fully saturated rings. The Labute approximate surface area is 159 Å². The predicted molar refractivity (Wildman–Crippen MR) is 109 cm³/mol. The molecular formula is C22H24N4O. The number of imidazole rings is 1. The topological polar surface area (TPSA) is 55.9 Å². The minimum Gasteiger partial charge on any atom is -0.461 e. The van der Waals surface area contributed by atoms with E-state index in [1.54, 1.807) is 6.26 Å². The predicted octanol–water partition coefficient (Wildman–Crippen LogP) is 5.49. The fraction of sp³-hybridized carbons (Fsp3) is 0.273. The summed E-state index contributed by atoms with van der Waals surface area (Å²) in [5, 5.41) is 3.51. The first kappa shape index (κ1) is 17.3. The van der Waals surface area contributed by atoms with Gasteiger partial charge in [0.2, 0.25) is 0 Å². The van der Waals surface area contributed by atoms with E-state index in [1.165, 1.54) is 18.4 Å². The van der Waals surface area contributed by atoms with Gasteiger partial charge in [-0.15, -0.1) is 0 Å². The van der Waals surface area contributed by atoms with E-state index in [1.807, 2.05) is 30.5 Å².